The Bertz CT molecular complexity index is 1500. The van der Waals surface area contributed by atoms with Crippen LogP contribution in [0.1, 0.15) is 27.0 Å². The number of rotatable bonds is 6. The van der Waals surface area contributed by atoms with Crippen LogP contribution in [-0.2, 0) is 24.4 Å². The third kappa shape index (κ3) is 4.60. The first kappa shape index (κ1) is 24.1. The van der Waals surface area contributed by atoms with Gasteiger partial charge in [-0.1, -0.05) is 23.2 Å². The number of nitrogens with zero attached hydrogens (tertiary/aromatic N) is 2. The number of ether oxygens (including phenoxy) is 2. The van der Waals surface area contributed by atoms with Crippen LogP contribution in [0.3, 0.4) is 0 Å². The Labute approximate surface area is 214 Å². The maximum atomic E-state index is 14.3. The summed E-state index contributed by atoms with van der Waals surface area (Å²) < 4.78 is 26.4. The van der Waals surface area contributed by atoms with E-state index in [0.29, 0.717) is 37.8 Å². The van der Waals surface area contributed by atoms with Gasteiger partial charge in [0.2, 0.25) is 5.88 Å². The number of aromatic nitrogens is 1. The van der Waals surface area contributed by atoms with Crippen molar-refractivity contribution in [1.29, 1.82) is 0 Å². The summed E-state index contributed by atoms with van der Waals surface area (Å²) in [6.45, 7) is 0.332. The van der Waals surface area contributed by atoms with Crippen LogP contribution in [-0.4, -0.2) is 22.4 Å². The molecule has 1 aliphatic rings. The zero-order valence-corrected chi connectivity index (χ0v) is 20.1. The third-order valence-electron chi connectivity index (χ3n) is 5.82. The standard InChI is InChI=1S/C25H18Cl2FN3O5/c26-17-3-13(4-18(27)8-17)9-29-24(32)14-1-2-20-21(7-14)31(25(33)22(20)30-34)10-15-5-19(28)6-16-11-35-12-36-23(15)16/h1-8,33H,9-12H2,(H,29,32). The van der Waals surface area contributed by atoms with Gasteiger partial charge in [0.15, 0.2) is 12.5 Å². The average Bonchev–Trinajstić information content (AvgIpc) is 3.11. The Morgan fingerprint density at radius 1 is 1.14 bits per heavy atom. The van der Waals surface area contributed by atoms with Gasteiger partial charge in [0.05, 0.1) is 18.7 Å². The summed E-state index contributed by atoms with van der Waals surface area (Å²) in [5.74, 6) is -0.858. The quantitative estimate of drug-likeness (QED) is 0.296. The maximum absolute atomic E-state index is 14.3. The molecular weight excluding hydrogens is 512 g/mol. The van der Waals surface area contributed by atoms with Gasteiger partial charge in [0.1, 0.15) is 11.6 Å². The van der Waals surface area contributed by atoms with E-state index in [1.54, 1.807) is 18.2 Å². The molecule has 0 atom stereocenters. The lowest BCUT2D eigenvalue weighted by atomic mass is 10.1. The van der Waals surface area contributed by atoms with Crippen molar-refractivity contribution in [2.24, 2.45) is 5.18 Å². The Balaban J connectivity index is 1.49. The lowest BCUT2D eigenvalue weighted by Crippen LogP contribution is -2.22. The van der Waals surface area contributed by atoms with E-state index in [1.807, 2.05) is 0 Å². The van der Waals surface area contributed by atoms with Crippen LogP contribution in [0, 0.1) is 10.7 Å². The smallest absolute Gasteiger partial charge is 0.251 e. The summed E-state index contributed by atoms with van der Waals surface area (Å²) in [5.41, 5.74) is 2.14. The fraction of sp³-hybridized carbons (Fsp3) is 0.160. The summed E-state index contributed by atoms with van der Waals surface area (Å²) in [5, 5.41) is 17.8. The van der Waals surface area contributed by atoms with Gasteiger partial charge in [-0.15, -0.1) is 4.91 Å². The molecule has 36 heavy (non-hydrogen) atoms. The number of nitrogens with one attached hydrogen (secondary N) is 1. The molecule has 0 bridgehead atoms. The number of fused-ring (bicyclic) bond motifs is 2. The van der Waals surface area contributed by atoms with Crippen molar-refractivity contribution in [3.05, 3.63) is 91.6 Å². The molecule has 0 saturated heterocycles. The van der Waals surface area contributed by atoms with E-state index in [2.05, 4.69) is 10.5 Å². The summed E-state index contributed by atoms with van der Waals surface area (Å²) in [4.78, 5) is 24.4. The van der Waals surface area contributed by atoms with Crippen LogP contribution >= 0.6 is 23.2 Å². The van der Waals surface area contributed by atoms with Gasteiger partial charge >= 0.3 is 0 Å². The molecule has 2 N–H and O–H groups in total. The molecule has 184 valence electrons. The summed E-state index contributed by atoms with van der Waals surface area (Å²) in [7, 11) is 0. The molecule has 3 aromatic carbocycles. The fourth-order valence-electron chi connectivity index (χ4n) is 4.25. The number of amides is 1. The van der Waals surface area contributed by atoms with Gasteiger partial charge < -0.3 is 24.5 Å². The van der Waals surface area contributed by atoms with Crippen molar-refractivity contribution < 1.29 is 23.8 Å². The van der Waals surface area contributed by atoms with E-state index >= 15 is 0 Å². The number of nitroso groups, excluding NO2 is 1. The summed E-state index contributed by atoms with van der Waals surface area (Å²) >= 11 is 12.0. The number of carbonyl (C=O) groups excluding carboxylic acids is 1. The third-order valence-corrected chi connectivity index (χ3v) is 6.26. The second kappa shape index (κ2) is 9.77. The van der Waals surface area contributed by atoms with Gasteiger partial charge in [-0.25, -0.2) is 4.39 Å². The van der Waals surface area contributed by atoms with Gasteiger partial charge in [0, 0.05) is 38.7 Å². The van der Waals surface area contributed by atoms with Crippen molar-refractivity contribution in [2.45, 2.75) is 19.7 Å². The Kier molecular flexibility index (Phi) is 6.53. The summed E-state index contributed by atoms with van der Waals surface area (Å²) in [6, 6.07) is 12.2. The molecule has 11 heteroatoms. The Morgan fingerprint density at radius 3 is 2.67 bits per heavy atom. The number of benzene rings is 3. The second-order valence-corrected chi connectivity index (χ2v) is 9.08. The number of halogens is 3. The molecule has 0 spiro atoms. The van der Waals surface area contributed by atoms with Crippen LogP contribution in [0.25, 0.3) is 10.9 Å². The van der Waals surface area contributed by atoms with E-state index in [-0.39, 0.29) is 37.7 Å². The van der Waals surface area contributed by atoms with Crippen molar-refractivity contribution >= 4 is 45.7 Å². The highest BCUT2D eigenvalue weighted by atomic mass is 35.5. The van der Waals surface area contributed by atoms with Gasteiger partial charge in [-0.2, -0.15) is 0 Å². The normalized spacial score (nSPS) is 12.8. The highest BCUT2D eigenvalue weighted by Crippen LogP contribution is 2.40. The molecule has 0 aliphatic carbocycles. The number of hydrogen-bond donors (Lipinski definition) is 2. The zero-order chi connectivity index (χ0) is 25.4. The lowest BCUT2D eigenvalue weighted by Gasteiger charge is -2.21. The highest BCUT2D eigenvalue weighted by Gasteiger charge is 2.23. The SMILES string of the molecule is O=Nc1c(O)n(Cc2cc(F)cc3c2OCOC3)c2cc(C(=O)NCc3cc(Cl)cc(Cl)c3)ccc12. The first-order chi connectivity index (χ1) is 17.3. The minimum Gasteiger partial charge on any atom is -0.493 e. The van der Waals surface area contributed by atoms with Crippen molar-refractivity contribution in [2.75, 3.05) is 6.79 Å². The molecule has 5 rings (SSSR count). The molecule has 0 unspecified atom stereocenters. The molecule has 0 radical (unpaired) electrons. The Hall–Kier alpha value is -3.66. The van der Waals surface area contributed by atoms with Crippen LogP contribution in [0.2, 0.25) is 10.0 Å². The molecule has 2 heterocycles. The molecular formula is C25H18Cl2FN3O5. The lowest BCUT2D eigenvalue weighted by molar-refractivity contribution is -0.0173. The largest absolute Gasteiger partial charge is 0.493 e. The van der Waals surface area contributed by atoms with E-state index in [0.717, 1.165) is 5.56 Å². The first-order valence-electron chi connectivity index (χ1n) is 10.8. The highest BCUT2D eigenvalue weighted by molar-refractivity contribution is 6.34. The zero-order valence-electron chi connectivity index (χ0n) is 18.6. The molecule has 4 aromatic rings. The average molecular weight is 530 g/mol. The summed E-state index contributed by atoms with van der Waals surface area (Å²) in [6.07, 6.45) is 0. The monoisotopic (exact) mass is 529 g/mol. The molecule has 8 nitrogen and oxygen atoms in total. The van der Waals surface area contributed by atoms with E-state index in [9.17, 15) is 19.2 Å². The van der Waals surface area contributed by atoms with Crippen LogP contribution in [0.4, 0.5) is 10.1 Å². The van der Waals surface area contributed by atoms with Crippen molar-refractivity contribution in [1.82, 2.24) is 9.88 Å². The molecule has 0 fully saturated rings. The number of hydrogen-bond acceptors (Lipinski definition) is 6. The molecule has 1 aliphatic heterocycles. The van der Waals surface area contributed by atoms with Gasteiger partial charge in [0.25, 0.3) is 5.91 Å². The first-order valence-corrected chi connectivity index (χ1v) is 11.5. The van der Waals surface area contributed by atoms with Gasteiger partial charge in [-0.05, 0) is 59.3 Å². The fourth-order valence-corrected chi connectivity index (χ4v) is 4.82. The minimum atomic E-state index is -0.497. The van der Waals surface area contributed by atoms with Crippen LogP contribution in [0.5, 0.6) is 11.6 Å². The predicted molar refractivity (Wildman–Crippen MR) is 132 cm³/mol. The molecule has 1 amide bonds. The van der Waals surface area contributed by atoms with E-state index in [1.165, 1.54) is 34.9 Å². The number of aromatic hydroxyl groups is 1. The van der Waals surface area contributed by atoms with E-state index in [4.69, 9.17) is 32.7 Å². The second-order valence-electron chi connectivity index (χ2n) is 8.21. The number of carbonyl (C=O) groups is 1. The predicted octanol–water partition coefficient (Wildman–Crippen LogP) is 6.04. The maximum Gasteiger partial charge on any atom is 0.251 e. The molecule has 1 aromatic heterocycles. The van der Waals surface area contributed by atoms with E-state index < -0.39 is 17.6 Å². The molecule has 0 saturated carbocycles. The van der Waals surface area contributed by atoms with Crippen molar-refractivity contribution in [3.8, 4) is 11.6 Å². The van der Waals surface area contributed by atoms with Gasteiger partial charge in [-0.3, -0.25) is 4.79 Å². The van der Waals surface area contributed by atoms with Crippen LogP contribution < -0.4 is 10.1 Å². The van der Waals surface area contributed by atoms with Crippen LogP contribution in [0.15, 0.2) is 53.7 Å². The minimum absolute atomic E-state index is 0.00728. The van der Waals surface area contributed by atoms with Crippen molar-refractivity contribution in [3.63, 3.8) is 0 Å². The topological polar surface area (TPSA) is 102 Å². The Morgan fingerprint density at radius 2 is 1.92 bits per heavy atom.